The SMILES string of the molecule is C=CC(=O)Nc1ccc(-c2ccc(-c3ccc(CCCCC)cc3)cc2F)cc1. The minimum Gasteiger partial charge on any atom is -0.323 e. The number of nitrogens with one attached hydrogen (secondary N) is 1. The minimum absolute atomic E-state index is 0.266. The minimum atomic E-state index is -0.273. The number of benzene rings is 3. The fourth-order valence-corrected chi connectivity index (χ4v) is 3.30. The highest BCUT2D eigenvalue weighted by Gasteiger charge is 2.08. The Morgan fingerprint density at radius 3 is 2.21 bits per heavy atom. The first kappa shape index (κ1) is 20.5. The van der Waals surface area contributed by atoms with E-state index in [9.17, 15) is 9.18 Å². The number of hydrogen-bond acceptors (Lipinski definition) is 1. The van der Waals surface area contributed by atoms with E-state index in [2.05, 4.69) is 43.1 Å². The molecule has 3 heteroatoms. The molecule has 0 aliphatic carbocycles. The lowest BCUT2D eigenvalue weighted by atomic mass is 9.98. The van der Waals surface area contributed by atoms with Crippen LogP contribution in [0.4, 0.5) is 10.1 Å². The number of unbranched alkanes of at least 4 members (excludes halogenated alkanes) is 2. The van der Waals surface area contributed by atoms with E-state index < -0.39 is 0 Å². The van der Waals surface area contributed by atoms with Gasteiger partial charge < -0.3 is 5.32 Å². The van der Waals surface area contributed by atoms with Crippen LogP contribution in [0.25, 0.3) is 22.3 Å². The lowest BCUT2D eigenvalue weighted by Crippen LogP contribution is -2.06. The summed E-state index contributed by atoms with van der Waals surface area (Å²) in [6.45, 7) is 5.63. The van der Waals surface area contributed by atoms with E-state index in [0.717, 1.165) is 23.1 Å². The monoisotopic (exact) mass is 387 g/mol. The average Bonchev–Trinajstić information content (AvgIpc) is 2.75. The van der Waals surface area contributed by atoms with Gasteiger partial charge in [-0.1, -0.05) is 74.9 Å². The van der Waals surface area contributed by atoms with Gasteiger partial charge in [0.2, 0.25) is 5.91 Å². The molecule has 0 atom stereocenters. The van der Waals surface area contributed by atoms with E-state index in [1.807, 2.05) is 6.07 Å². The summed E-state index contributed by atoms with van der Waals surface area (Å²) < 4.78 is 14.8. The molecule has 0 radical (unpaired) electrons. The quantitative estimate of drug-likeness (QED) is 0.327. The number of amides is 1. The number of halogens is 1. The molecule has 3 aromatic rings. The topological polar surface area (TPSA) is 29.1 Å². The number of rotatable bonds is 8. The maximum absolute atomic E-state index is 14.8. The standard InChI is InChI=1S/C26H26FNO/c1-3-5-6-7-19-8-10-20(11-9-19)22-14-17-24(25(27)18-22)21-12-15-23(16-13-21)28-26(29)4-2/h4,8-18H,2-3,5-7H2,1H3,(H,28,29). The smallest absolute Gasteiger partial charge is 0.247 e. The van der Waals surface area contributed by atoms with Gasteiger partial charge in [-0.15, -0.1) is 0 Å². The molecule has 0 spiro atoms. The largest absolute Gasteiger partial charge is 0.323 e. The molecule has 0 aliphatic heterocycles. The molecule has 0 aliphatic rings. The molecular formula is C26H26FNO. The molecule has 2 nitrogen and oxygen atoms in total. The van der Waals surface area contributed by atoms with Gasteiger partial charge in [-0.25, -0.2) is 4.39 Å². The Kier molecular flexibility index (Phi) is 6.96. The van der Waals surface area contributed by atoms with Gasteiger partial charge in [-0.05, 0) is 59.4 Å². The predicted molar refractivity (Wildman–Crippen MR) is 119 cm³/mol. The first-order valence-electron chi connectivity index (χ1n) is 10.0. The van der Waals surface area contributed by atoms with Gasteiger partial charge in [0.15, 0.2) is 0 Å². The summed E-state index contributed by atoms with van der Waals surface area (Å²) in [7, 11) is 0. The predicted octanol–water partition coefficient (Wildman–Crippen LogP) is 7.02. The fourth-order valence-electron chi connectivity index (χ4n) is 3.30. The first-order chi connectivity index (χ1) is 14.1. The number of anilines is 1. The summed E-state index contributed by atoms with van der Waals surface area (Å²) in [5.74, 6) is -0.540. The third-order valence-corrected chi connectivity index (χ3v) is 4.97. The zero-order chi connectivity index (χ0) is 20.6. The Bertz CT molecular complexity index is 975. The molecule has 0 saturated carbocycles. The van der Waals surface area contributed by atoms with Crippen molar-refractivity contribution in [3.8, 4) is 22.3 Å². The molecule has 0 bridgehead atoms. The molecule has 0 saturated heterocycles. The van der Waals surface area contributed by atoms with Crippen molar-refractivity contribution in [3.63, 3.8) is 0 Å². The van der Waals surface area contributed by atoms with Crippen molar-refractivity contribution in [2.75, 3.05) is 5.32 Å². The molecule has 0 heterocycles. The van der Waals surface area contributed by atoms with Crippen LogP contribution in [0, 0.1) is 5.82 Å². The molecule has 1 amide bonds. The lowest BCUT2D eigenvalue weighted by molar-refractivity contribution is -0.111. The van der Waals surface area contributed by atoms with Gasteiger partial charge in [-0.3, -0.25) is 4.79 Å². The molecule has 29 heavy (non-hydrogen) atoms. The average molecular weight is 387 g/mol. The summed E-state index contributed by atoms with van der Waals surface area (Å²) in [6.07, 6.45) is 5.97. The Balaban J connectivity index is 1.74. The van der Waals surface area contributed by atoms with Crippen molar-refractivity contribution < 1.29 is 9.18 Å². The zero-order valence-corrected chi connectivity index (χ0v) is 16.7. The molecule has 148 valence electrons. The highest BCUT2D eigenvalue weighted by atomic mass is 19.1. The van der Waals surface area contributed by atoms with E-state index in [4.69, 9.17) is 0 Å². The molecule has 0 unspecified atom stereocenters. The molecular weight excluding hydrogens is 361 g/mol. The van der Waals surface area contributed by atoms with Crippen LogP contribution >= 0.6 is 0 Å². The molecule has 3 rings (SSSR count). The van der Waals surface area contributed by atoms with Crippen LogP contribution in [-0.4, -0.2) is 5.91 Å². The number of hydrogen-bond donors (Lipinski definition) is 1. The second kappa shape index (κ2) is 9.83. The Labute approximate surface area is 172 Å². The number of aryl methyl sites for hydroxylation is 1. The van der Waals surface area contributed by atoms with Crippen molar-refractivity contribution in [1.29, 1.82) is 0 Å². The summed E-state index contributed by atoms with van der Waals surface area (Å²) in [4.78, 5) is 11.4. The van der Waals surface area contributed by atoms with Crippen LogP contribution in [0.5, 0.6) is 0 Å². The Hall–Kier alpha value is -3.20. The zero-order valence-electron chi connectivity index (χ0n) is 16.7. The Morgan fingerprint density at radius 1 is 0.931 bits per heavy atom. The highest BCUT2D eigenvalue weighted by molar-refractivity contribution is 5.99. The van der Waals surface area contributed by atoms with E-state index >= 15 is 0 Å². The van der Waals surface area contributed by atoms with Crippen LogP contribution in [-0.2, 0) is 11.2 Å². The lowest BCUT2D eigenvalue weighted by Gasteiger charge is -2.09. The molecule has 3 aromatic carbocycles. The molecule has 1 N–H and O–H groups in total. The number of carbonyl (C=O) groups excluding carboxylic acids is 1. The van der Waals surface area contributed by atoms with Crippen LogP contribution < -0.4 is 5.32 Å². The van der Waals surface area contributed by atoms with Crippen molar-refractivity contribution in [3.05, 3.63) is 90.8 Å². The van der Waals surface area contributed by atoms with Crippen molar-refractivity contribution in [1.82, 2.24) is 0 Å². The van der Waals surface area contributed by atoms with Crippen molar-refractivity contribution in [2.24, 2.45) is 0 Å². The summed E-state index contributed by atoms with van der Waals surface area (Å²) in [6, 6.07) is 20.8. The molecule has 0 aromatic heterocycles. The third kappa shape index (κ3) is 5.41. The van der Waals surface area contributed by atoms with Crippen LogP contribution in [0.2, 0.25) is 0 Å². The normalized spacial score (nSPS) is 10.6. The summed E-state index contributed by atoms with van der Waals surface area (Å²) >= 11 is 0. The van der Waals surface area contributed by atoms with E-state index in [1.165, 1.54) is 30.9 Å². The Morgan fingerprint density at radius 2 is 1.59 bits per heavy atom. The highest BCUT2D eigenvalue weighted by Crippen LogP contribution is 2.29. The van der Waals surface area contributed by atoms with Gasteiger partial charge in [0.25, 0.3) is 0 Å². The van der Waals surface area contributed by atoms with Gasteiger partial charge >= 0.3 is 0 Å². The number of carbonyl (C=O) groups is 1. The fraction of sp³-hybridized carbons (Fsp3) is 0.192. The van der Waals surface area contributed by atoms with Crippen LogP contribution in [0.3, 0.4) is 0 Å². The van der Waals surface area contributed by atoms with Crippen molar-refractivity contribution in [2.45, 2.75) is 32.6 Å². The second-order valence-electron chi connectivity index (χ2n) is 7.12. The van der Waals surface area contributed by atoms with Gasteiger partial charge in [0, 0.05) is 11.3 Å². The van der Waals surface area contributed by atoms with E-state index in [0.29, 0.717) is 11.3 Å². The van der Waals surface area contributed by atoms with Gasteiger partial charge in [0.05, 0.1) is 0 Å². The summed E-state index contributed by atoms with van der Waals surface area (Å²) in [5.41, 5.74) is 5.14. The van der Waals surface area contributed by atoms with Gasteiger partial charge in [0.1, 0.15) is 5.82 Å². The van der Waals surface area contributed by atoms with Crippen LogP contribution in [0.15, 0.2) is 79.4 Å². The van der Waals surface area contributed by atoms with E-state index in [-0.39, 0.29) is 11.7 Å². The molecule has 0 fully saturated rings. The van der Waals surface area contributed by atoms with Gasteiger partial charge in [-0.2, -0.15) is 0 Å². The summed E-state index contributed by atoms with van der Waals surface area (Å²) in [5, 5.41) is 2.69. The van der Waals surface area contributed by atoms with E-state index in [1.54, 1.807) is 36.4 Å². The first-order valence-corrected chi connectivity index (χ1v) is 10.0. The maximum Gasteiger partial charge on any atom is 0.247 e. The third-order valence-electron chi connectivity index (χ3n) is 4.97. The maximum atomic E-state index is 14.8. The van der Waals surface area contributed by atoms with Crippen LogP contribution in [0.1, 0.15) is 31.7 Å². The van der Waals surface area contributed by atoms with Crippen molar-refractivity contribution >= 4 is 11.6 Å². The second-order valence-corrected chi connectivity index (χ2v) is 7.12.